The highest BCUT2D eigenvalue weighted by atomic mass is 16.5. The first-order valence-corrected chi connectivity index (χ1v) is 7.37. The van der Waals surface area contributed by atoms with Gasteiger partial charge in [-0.1, -0.05) is 12.1 Å². The van der Waals surface area contributed by atoms with Gasteiger partial charge in [0.05, 0.1) is 7.11 Å². The number of hydrogen-bond acceptors (Lipinski definition) is 4. The summed E-state index contributed by atoms with van der Waals surface area (Å²) in [6.07, 6.45) is 1.45. The Morgan fingerprint density at radius 2 is 2.05 bits per heavy atom. The highest BCUT2D eigenvalue weighted by Crippen LogP contribution is 2.12. The Hall–Kier alpha value is -1.59. The van der Waals surface area contributed by atoms with E-state index in [0.29, 0.717) is 19.5 Å². The molecule has 0 fully saturated rings. The highest BCUT2D eigenvalue weighted by Gasteiger charge is 2.01. The fraction of sp³-hybridized carbons (Fsp3) is 0.562. The number of likely N-dealkylation sites (N-methyl/N-ethyl adjacent to an activating group) is 1. The Labute approximate surface area is 127 Å². The van der Waals surface area contributed by atoms with Gasteiger partial charge in [0.1, 0.15) is 5.75 Å². The largest absolute Gasteiger partial charge is 0.497 e. The lowest BCUT2D eigenvalue weighted by atomic mass is 10.1. The summed E-state index contributed by atoms with van der Waals surface area (Å²) < 4.78 is 5.19. The number of amides is 1. The predicted molar refractivity (Wildman–Crippen MR) is 85.7 cm³/mol. The fourth-order valence-corrected chi connectivity index (χ4v) is 1.89. The van der Waals surface area contributed by atoms with E-state index in [1.165, 1.54) is 5.56 Å². The SMILES string of the molecule is COc1cccc(CCNCCC(=O)NCCN(C)C)c1. The van der Waals surface area contributed by atoms with E-state index in [9.17, 15) is 4.79 Å². The van der Waals surface area contributed by atoms with Gasteiger partial charge in [0.25, 0.3) is 0 Å². The van der Waals surface area contributed by atoms with Crippen LogP contribution in [0, 0.1) is 0 Å². The third-order valence-electron chi connectivity index (χ3n) is 3.13. The second-order valence-corrected chi connectivity index (χ2v) is 5.25. The molecule has 0 bridgehead atoms. The summed E-state index contributed by atoms with van der Waals surface area (Å²) in [7, 11) is 5.66. The predicted octanol–water partition coefficient (Wildman–Crippen LogP) is 0.895. The molecule has 0 saturated heterocycles. The van der Waals surface area contributed by atoms with Crippen molar-refractivity contribution in [1.82, 2.24) is 15.5 Å². The van der Waals surface area contributed by atoms with Crippen LogP contribution in [-0.2, 0) is 11.2 Å². The second-order valence-electron chi connectivity index (χ2n) is 5.25. The first kappa shape index (κ1) is 17.5. The van der Waals surface area contributed by atoms with E-state index < -0.39 is 0 Å². The van der Waals surface area contributed by atoms with E-state index in [1.807, 2.05) is 37.2 Å². The summed E-state index contributed by atoms with van der Waals surface area (Å²) in [6, 6.07) is 8.05. The molecule has 5 heteroatoms. The Bertz CT molecular complexity index is 422. The van der Waals surface area contributed by atoms with E-state index in [4.69, 9.17) is 4.74 Å². The van der Waals surface area contributed by atoms with Crippen molar-refractivity contribution in [2.45, 2.75) is 12.8 Å². The Morgan fingerprint density at radius 3 is 2.76 bits per heavy atom. The van der Waals surface area contributed by atoms with Crippen molar-refractivity contribution in [2.75, 3.05) is 47.4 Å². The second kappa shape index (κ2) is 10.2. The summed E-state index contributed by atoms with van der Waals surface area (Å²) in [5, 5.41) is 6.19. The van der Waals surface area contributed by atoms with Gasteiger partial charge < -0.3 is 20.3 Å². The molecule has 0 atom stereocenters. The molecule has 0 aliphatic heterocycles. The number of hydrogen-bond donors (Lipinski definition) is 2. The number of benzene rings is 1. The molecular formula is C16H27N3O2. The first-order chi connectivity index (χ1) is 10.1. The van der Waals surface area contributed by atoms with Gasteiger partial charge in [-0.25, -0.2) is 0 Å². The molecule has 0 saturated carbocycles. The third-order valence-corrected chi connectivity index (χ3v) is 3.13. The molecule has 21 heavy (non-hydrogen) atoms. The summed E-state index contributed by atoms with van der Waals surface area (Å²) >= 11 is 0. The number of rotatable bonds is 10. The lowest BCUT2D eigenvalue weighted by Crippen LogP contribution is -2.33. The summed E-state index contributed by atoms with van der Waals surface area (Å²) in [6.45, 7) is 3.14. The van der Waals surface area contributed by atoms with E-state index in [-0.39, 0.29) is 5.91 Å². The van der Waals surface area contributed by atoms with Crippen LogP contribution in [0.4, 0.5) is 0 Å². The van der Waals surface area contributed by atoms with Gasteiger partial charge in [-0.05, 0) is 44.8 Å². The number of methoxy groups -OCH3 is 1. The molecule has 0 heterocycles. The van der Waals surface area contributed by atoms with Crippen LogP contribution in [0.15, 0.2) is 24.3 Å². The number of nitrogens with zero attached hydrogens (tertiary/aromatic N) is 1. The first-order valence-electron chi connectivity index (χ1n) is 7.37. The standard InChI is InChI=1S/C16H27N3O2/c1-19(2)12-11-18-16(20)8-10-17-9-7-14-5-4-6-15(13-14)21-3/h4-6,13,17H,7-12H2,1-3H3,(H,18,20). The highest BCUT2D eigenvalue weighted by molar-refractivity contribution is 5.76. The van der Waals surface area contributed by atoms with Crippen LogP contribution < -0.4 is 15.4 Å². The zero-order valence-corrected chi connectivity index (χ0v) is 13.3. The quantitative estimate of drug-likeness (QED) is 0.629. The zero-order valence-electron chi connectivity index (χ0n) is 13.3. The molecule has 1 aromatic rings. The number of carbonyl (C=O) groups is 1. The maximum atomic E-state index is 11.6. The van der Waals surface area contributed by atoms with E-state index in [1.54, 1.807) is 7.11 Å². The zero-order chi connectivity index (χ0) is 15.5. The van der Waals surface area contributed by atoms with Gasteiger partial charge in [0.15, 0.2) is 0 Å². The van der Waals surface area contributed by atoms with Gasteiger partial charge >= 0.3 is 0 Å². The van der Waals surface area contributed by atoms with E-state index in [0.717, 1.165) is 25.3 Å². The molecule has 1 amide bonds. The lowest BCUT2D eigenvalue weighted by molar-refractivity contribution is -0.121. The van der Waals surface area contributed by atoms with Gasteiger partial charge in [0, 0.05) is 26.1 Å². The average molecular weight is 293 g/mol. The average Bonchev–Trinajstić information content (AvgIpc) is 2.46. The molecule has 0 aromatic heterocycles. The molecule has 0 radical (unpaired) electrons. The minimum Gasteiger partial charge on any atom is -0.497 e. The van der Waals surface area contributed by atoms with Crippen LogP contribution in [0.5, 0.6) is 5.75 Å². The maximum absolute atomic E-state index is 11.6. The van der Waals surface area contributed by atoms with Crippen LogP contribution in [-0.4, -0.2) is 58.2 Å². The molecule has 0 aliphatic rings. The van der Waals surface area contributed by atoms with Crippen LogP contribution in [0.1, 0.15) is 12.0 Å². The molecule has 0 spiro atoms. The van der Waals surface area contributed by atoms with Gasteiger partial charge in [-0.15, -0.1) is 0 Å². The maximum Gasteiger partial charge on any atom is 0.221 e. The summed E-state index contributed by atoms with van der Waals surface area (Å²) in [4.78, 5) is 13.6. The van der Waals surface area contributed by atoms with Crippen molar-refractivity contribution in [3.63, 3.8) is 0 Å². The molecule has 2 N–H and O–H groups in total. The van der Waals surface area contributed by atoms with Crippen LogP contribution in [0.3, 0.4) is 0 Å². The van der Waals surface area contributed by atoms with Crippen molar-refractivity contribution in [3.05, 3.63) is 29.8 Å². The summed E-state index contributed by atoms with van der Waals surface area (Å²) in [5.74, 6) is 0.985. The molecule has 0 unspecified atom stereocenters. The van der Waals surface area contributed by atoms with Gasteiger partial charge in [-0.3, -0.25) is 4.79 Å². The molecule has 1 rings (SSSR count). The van der Waals surface area contributed by atoms with E-state index >= 15 is 0 Å². The molecule has 118 valence electrons. The van der Waals surface area contributed by atoms with Crippen molar-refractivity contribution in [2.24, 2.45) is 0 Å². The molecule has 5 nitrogen and oxygen atoms in total. The Balaban J connectivity index is 2.07. The minimum atomic E-state index is 0.103. The smallest absolute Gasteiger partial charge is 0.221 e. The normalized spacial score (nSPS) is 10.7. The van der Waals surface area contributed by atoms with Gasteiger partial charge in [-0.2, -0.15) is 0 Å². The molecule has 1 aromatic carbocycles. The lowest BCUT2D eigenvalue weighted by Gasteiger charge is -2.10. The Kier molecular flexibility index (Phi) is 8.47. The fourth-order valence-electron chi connectivity index (χ4n) is 1.89. The van der Waals surface area contributed by atoms with Crippen molar-refractivity contribution in [3.8, 4) is 5.75 Å². The third kappa shape index (κ3) is 8.32. The van der Waals surface area contributed by atoms with E-state index in [2.05, 4.69) is 16.7 Å². The van der Waals surface area contributed by atoms with Crippen LogP contribution in [0.25, 0.3) is 0 Å². The summed E-state index contributed by atoms with van der Waals surface area (Å²) in [5.41, 5.74) is 1.23. The number of ether oxygens (including phenoxy) is 1. The van der Waals surface area contributed by atoms with Crippen LogP contribution in [0.2, 0.25) is 0 Å². The van der Waals surface area contributed by atoms with Crippen molar-refractivity contribution < 1.29 is 9.53 Å². The number of nitrogens with one attached hydrogen (secondary N) is 2. The topological polar surface area (TPSA) is 53.6 Å². The van der Waals surface area contributed by atoms with Crippen molar-refractivity contribution >= 4 is 5.91 Å². The Morgan fingerprint density at radius 1 is 1.24 bits per heavy atom. The van der Waals surface area contributed by atoms with Crippen LogP contribution >= 0.6 is 0 Å². The molecule has 0 aliphatic carbocycles. The molecular weight excluding hydrogens is 266 g/mol. The minimum absolute atomic E-state index is 0.103. The monoisotopic (exact) mass is 293 g/mol. The van der Waals surface area contributed by atoms with Gasteiger partial charge in [0.2, 0.25) is 5.91 Å². The van der Waals surface area contributed by atoms with Crippen molar-refractivity contribution in [1.29, 1.82) is 0 Å². The number of carbonyl (C=O) groups excluding carboxylic acids is 1.